The Kier molecular flexibility index (Phi) is 6.46. The maximum atomic E-state index is 12.2. The van der Waals surface area contributed by atoms with Crippen LogP contribution in [0.4, 0.5) is 5.69 Å². The number of hydrogen-bond acceptors (Lipinski definition) is 4. The van der Waals surface area contributed by atoms with Gasteiger partial charge in [-0.2, -0.15) is 0 Å². The Morgan fingerprint density at radius 1 is 1.33 bits per heavy atom. The SMILES string of the molecule is CCC(CC)C(O)CNS(=O)(=O)c1cc(N)c(C)c(Cl)c1. The number of hydrogen-bond donors (Lipinski definition) is 3. The Bertz CT molecular complexity index is 563. The Hall–Kier alpha value is -0.820. The van der Waals surface area contributed by atoms with Crippen LogP contribution in [0.15, 0.2) is 17.0 Å². The third-order valence-electron chi connectivity index (χ3n) is 3.74. The average molecular weight is 335 g/mol. The molecule has 0 aliphatic rings. The maximum absolute atomic E-state index is 12.2. The van der Waals surface area contributed by atoms with E-state index in [2.05, 4.69) is 4.72 Å². The van der Waals surface area contributed by atoms with Crippen molar-refractivity contribution in [1.29, 1.82) is 0 Å². The van der Waals surface area contributed by atoms with E-state index in [1.54, 1.807) is 6.92 Å². The highest BCUT2D eigenvalue weighted by atomic mass is 35.5. The molecule has 0 saturated carbocycles. The Morgan fingerprint density at radius 2 is 1.90 bits per heavy atom. The van der Waals surface area contributed by atoms with E-state index in [0.717, 1.165) is 12.8 Å². The van der Waals surface area contributed by atoms with Gasteiger partial charge in [-0.25, -0.2) is 13.1 Å². The standard InChI is InChI=1S/C14H23ClN2O3S/c1-4-10(5-2)14(18)8-17-21(19,20)11-6-12(15)9(3)13(16)7-11/h6-7,10,14,17-18H,4-5,8,16H2,1-3H3. The zero-order chi connectivity index (χ0) is 16.2. The third kappa shape index (κ3) is 4.57. The lowest BCUT2D eigenvalue weighted by molar-refractivity contribution is 0.107. The van der Waals surface area contributed by atoms with Gasteiger partial charge in [-0.15, -0.1) is 0 Å². The van der Waals surface area contributed by atoms with Crippen molar-refractivity contribution in [2.45, 2.75) is 44.6 Å². The van der Waals surface area contributed by atoms with Crippen LogP contribution in [0.5, 0.6) is 0 Å². The normalized spacial score (nSPS) is 13.6. The first kappa shape index (κ1) is 18.2. The van der Waals surface area contributed by atoms with Gasteiger partial charge >= 0.3 is 0 Å². The van der Waals surface area contributed by atoms with Crippen LogP contribution in [0.25, 0.3) is 0 Å². The first-order chi connectivity index (χ1) is 9.72. The monoisotopic (exact) mass is 334 g/mol. The zero-order valence-corrected chi connectivity index (χ0v) is 14.1. The van der Waals surface area contributed by atoms with Gasteiger partial charge < -0.3 is 10.8 Å². The molecule has 5 nitrogen and oxygen atoms in total. The molecule has 1 unspecified atom stereocenters. The number of nitrogen functional groups attached to an aromatic ring is 1. The first-order valence-corrected chi connectivity index (χ1v) is 8.82. The van der Waals surface area contributed by atoms with Crippen LogP contribution in [-0.2, 0) is 10.0 Å². The van der Waals surface area contributed by atoms with Crippen molar-refractivity contribution in [2.24, 2.45) is 5.92 Å². The molecule has 0 aliphatic heterocycles. The zero-order valence-electron chi connectivity index (χ0n) is 12.6. The Balaban J connectivity index is 2.88. The van der Waals surface area contributed by atoms with Gasteiger partial charge in [0, 0.05) is 17.3 Å². The fourth-order valence-electron chi connectivity index (χ4n) is 2.11. The van der Waals surface area contributed by atoms with Crippen LogP contribution in [-0.4, -0.2) is 26.2 Å². The minimum absolute atomic E-state index is 0.00680. The summed E-state index contributed by atoms with van der Waals surface area (Å²) >= 11 is 5.96. The van der Waals surface area contributed by atoms with Crippen LogP contribution in [0.2, 0.25) is 5.02 Å². The summed E-state index contributed by atoms with van der Waals surface area (Å²) in [5.41, 5.74) is 6.71. The number of aliphatic hydroxyl groups excluding tert-OH is 1. The van der Waals surface area contributed by atoms with Crippen molar-refractivity contribution < 1.29 is 13.5 Å². The number of nitrogens with two attached hydrogens (primary N) is 1. The molecule has 0 saturated heterocycles. The molecule has 0 heterocycles. The number of rotatable bonds is 7. The van der Waals surface area contributed by atoms with Crippen LogP contribution in [0.3, 0.4) is 0 Å². The quantitative estimate of drug-likeness (QED) is 0.667. The molecule has 7 heteroatoms. The van der Waals surface area contributed by atoms with E-state index >= 15 is 0 Å². The maximum Gasteiger partial charge on any atom is 0.240 e. The minimum atomic E-state index is -3.74. The predicted molar refractivity (Wildman–Crippen MR) is 85.9 cm³/mol. The smallest absolute Gasteiger partial charge is 0.240 e. The van der Waals surface area contributed by atoms with E-state index in [1.807, 2.05) is 13.8 Å². The van der Waals surface area contributed by atoms with E-state index in [9.17, 15) is 13.5 Å². The van der Waals surface area contributed by atoms with Gasteiger partial charge in [-0.1, -0.05) is 38.3 Å². The van der Waals surface area contributed by atoms with Crippen molar-refractivity contribution in [3.8, 4) is 0 Å². The highest BCUT2D eigenvalue weighted by Crippen LogP contribution is 2.26. The lowest BCUT2D eigenvalue weighted by atomic mass is 9.97. The number of anilines is 1. The van der Waals surface area contributed by atoms with E-state index < -0.39 is 16.1 Å². The largest absolute Gasteiger partial charge is 0.398 e. The summed E-state index contributed by atoms with van der Waals surface area (Å²) in [6.45, 7) is 5.62. The molecule has 0 amide bonds. The highest BCUT2D eigenvalue weighted by Gasteiger charge is 2.21. The average Bonchev–Trinajstić information content (AvgIpc) is 2.43. The molecule has 0 radical (unpaired) electrons. The summed E-state index contributed by atoms with van der Waals surface area (Å²) in [6, 6.07) is 2.73. The van der Waals surface area contributed by atoms with Gasteiger partial charge in [0.1, 0.15) is 0 Å². The van der Waals surface area contributed by atoms with Gasteiger partial charge in [0.25, 0.3) is 0 Å². The summed E-state index contributed by atoms with van der Waals surface area (Å²) in [7, 11) is -3.74. The first-order valence-electron chi connectivity index (χ1n) is 6.96. The molecule has 120 valence electrons. The second kappa shape index (κ2) is 7.45. The molecule has 0 spiro atoms. The summed E-state index contributed by atoms with van der Waals surface area (Å²) in [4.78, 5) is 0.00680. The van der Waals surface area contributed by atoms with Crippen LogP contribution >= 0.6 is 11.6 Å². The van der Waals surface area contributed by atoms with E-state index in [-0.39, 0.29) is 17.4 Å². The summed E-state index contributed by atoms with van der Waals surface area (Å²) < 4.78 is 26.8. The summed E-state index contributed by atoms with van der Waals surface area (Å²) in [6.07, 6.45) is 0.874. The number of benzene rings is 1. The van der Waals surface area contributed by atoms with Gasteiger partial charge in [-0.05, 0) is 30.5 Å². The van der Waals surface area contributed by atoms with E-state index in [4.69, 9.17) is 17.3 Å². The van der Waals surface area contributed by atoms with E-state index in [1.165, 1.54) is 12.1 Å². The predicted octanol–water partition coefficient (Wildman–Crippen LogP) is 2.31. The summed E-state index contributed by atoms with van der Waals surface area (Å²) in [5.74, 6) is 0.0689. The van der Waals surface area contributed by atoms with E-state index in [0.29, 0.717) is 16.3 Å². The van der Waals surface area contributed by atoms with Crippen molar-refractivity contribution in [1.82, 2.24) is 4.72 Å². The highest BCUT2D eigenvalue weighted by molar-refractivity contribution is 7.89. The lowest BCUT2D eigenvalue weighted by Crippen LogP contribution is -2.36. The molecular formula is C14H23ClN2O3S. The summed E-state index contributed by atoms with van der Waals surface area (Å²) in [5, 5.41) is 10.3. The Morgan fingerprint density at radius 3 is 2.38 bits per heavy atom. The van der Waals surface area contributed by atoms with Gasteiger partial charge in [-0.3, -0.25) is 0 Å². The number of halogens is 1. The topological polar surface area (TPSA) is 92.4 Å². The number of aliphatic hydroxyl groups is 1. The fourth-order valence-corrected chi connectivity index (χ4v) is 3.51. The van der Waals surface area contributed by atoms with Gasteiger partial charge in [0.2, 0.25) is 10.0 Å². The van der Waals surface area contributed by atoms with Crippen LogP contribution in [0, 0.1) is 12.8 Å². The van der Waals surface area contributed by atoms with Crippen molar-refractivity contribution in [3.05, 3.63) is 22.7 Å². The number of sulfonamides is 1. The molecule has 0 fully saturated rings. The molecule has 21 heavy (non-hydrogen) atoms. The second-order valence-electron chi connectivity index (χ2n) is 5.12. The molecule has 0 bridgehead atoms. The lowest BCUT2D eigenvalue weighted by Gasteiger charge is -2.20. The molecule has 1 aromatic rings. The van der Waals surface area contributed by atoms with Gasteiger partial charge in [0.15, 0.2) is 0 Å². The molecule has 1 atom stereocenters. The van der Waals surface area contributed by atoms with Crippen molar-refractivity contribution >= 4 is 27.3 Å². The van der Waals surface area contributed by atoms with Gasteiger partial charge in [0.05, 0.1) is 11.0 Å². The molecule has 1 aromatic carbocycles. The molecule has 4 N–H and O–H groups in total. The van der Waals surface area contributed by atoms with Crippen molar-refractivity contribution in [3.63, 3.8) is 0 Å². The van der Waals surface area contributed by atoms with Crippen LogP contribution in [0.1, 0.15) is 32.3 Å². The molecular weight excluding hydrogens is 312 g/mol. The van der Waals surface area contributed by atoms with Crippen LogP contribution < -0.4 is 10.5 Å². The second-order valence-corrected chi connectivity index (χ2v) is 7.29. The molecule has 1 rings (SSSR count). The molecule has 0 aliphatic carbocycles. The molecule has 0 aromatic heterocycles. The van der Waals surface area contributed by atoms with Crippen molar-refractivity contribution in [2.75, 3.05) is 12.3 Å². The fraction of sp³-hybridized carbons (Fsp3) is 0.571. The minimum Gasteiger partial charge on any atom is -0.398 e. The Labute approximate surface area is 131 Å². The third-order valence-corrected chi connectivity index (χ3v) is 5.54. The number of nitrogens with one attached hydrogen (secondary N) is 1.